The first-order chi connectivity index (χ1) is 15.4. The average molecular weight is 471 g/mol. The van der Waals surface area contributed by atoms with Gasteiger partial charge in [0.2, 0.25) is 5.91 Å². The van der Waals surface area contributed by atoms with Gasteiger partial charge in [0.05, 0.1) is 11.4 Å². The molecule has 0 saturated carbocycles. The van der Waals surface area contributed by atoms with E-state index in [-0.39, 0.29) is 17.6 Å². The van der Waals surface area contributed by atoms with E-state index >= 15 is 0 Å². The maximum Gasteiger partial charge on any atom is 0.265 e. The van der Waals surface area contributed by atoms with Crippen molar-refractivity contribution in [3.8, 4) is 0 Å². The molecule has 3 aromatic rings. The summed E-state index contributed by atoms with van der Waals surface area (Å²) in [5.41, 5.74) is 1.84. The van der Waals surface area contributed by atoms with Gasteiger partial charge in [0.25, 0.3) is 5.91 Å². The number of nitrogens with zero attached hydrogens (tertiary/aromatic N) is 5. The third-order valence-electron chi connectivity index (χ3n) is 4.56. The normalized spacial score (nSPS) is 10.7. The number of rotatable bonds is 10. The van der Waals surface area contributed by atoms with Crippen LogP contribution in [0.4, 0.5) is 5.13 Å². The zero-order valence-electron chi connectivity index (χ0n) is 18.4. The average Bonchev–Trinajstić information content (AvgIpc) is 3.33. The Morgan fingerprint density at radius 3 is 2.66 bits per heavy atom. The number of anilines is 1. The van der Waals surface area contributed by atoms with Gasteiger partial charge in [0.15, 0.2) is 10.3 Å². The molecule has 32 heavy (non-hydrogen) atoms. The molecule has 2 amide bonds. The molecule has 2 aromatic heterocycles. The number of hydrogen-bond donors (Lipinski definition) is 1. The SMILES string of the molecule is C=CCn1c(CCc2ccccc2)nnc1SCC(=O)Nc1nc(C)c(C(=O)N(C)C)s1. The van der Waals surface area contributed by atoms with Gasteiger partial charge in [-0.2, -0.15) is 0 Å². The lowest BCUT2D eigenvalue weighted by molar-refractivity contribution is -0.113. The summed E-state index contributed by atoms with van der Waals surface area (Å²) < 4.78 is 1.98. The van der Waals surface area contributed by atoms with Crippen LogP contribution in [0.25, 0.3) is 0 Å². The third-order valence-corrected chi connectivity index (χ3v) is 6.59. The second-order valence-electron chi connectivity index (χ2n) is 7.25. The maximum absolute atomic E-state index is 12.5. The van der Waals surface area contributed by atoms with Gasteiger partial charge < -0.3 is 14.8 Å². The van der Waals surface area contributed by atoms with Crippen molar-refractivity contribution in [3.05, 3.63) is 64.9 Å². The highest BCUT2D eigenvalue weighted by molar-refractivity contribution is 7.99. The molecular formula is C22H26N6O2S2. The van der Waals surface area contributed by atoms with Crippen LogP contribution in [-0.2, 0) is 24.2 Å². The number of carbonyl (C=O) groups excluding carboxylic acids is 2. The molecule has 0 fully saturated rings. The highest BCUT2D eigenvalue weighted by Gasteiger charge is 2.19. The number of aromatic nitrogens is 4. The molecule has 10 heteroatoms. The number of nitrogens with one attached hydrogen (secondary N) is 1. The highest BCUT2D eigenvalue weighted by atomic mass is 32.2. The molecule has 0 radical (unpaired) electrons. The van der Waals surface area contributed by atoms with Crippen molar-refractivity contribution in [1.82, 2.24) is 24.6 Å². The Kier molecular flexibility index (Phi) is 8.18. The Bertz CT molecular complexity index is 1090. The number of carbonyl (C=O) groups is 2. The minimum Gasteiger partial charge on any atom is -0.344 e. The largest absolute Gasteiger partial charge is 0.344 e. The highest BCUT2D eigenvalue weighted by Crippen LogP contribution is 2.24. The summed E-state index contributed by atoms with van der Waals surface area (Å²) in [5.74, 6) is 0.671. The number of amides is 2. The fourth-order valence-corrected chi connectivity index (χ4v) is 4.73. The summed E-state index contributed by atoms with van der Waals surface area (Å²) in [6.07, 6.45) is 3.40. The number of thiazole rings is 1. The lowest BCUT2D eigenvalue weighted by Gasteiger charge is -2.08. The molecule has 2 heterocycles. The van der Waals surface area contributed by atoms with E-state index in [0.717, 1.165) is 18.7 Å². The first-order valence-electron chi connectivity index (χ1n) is 10.1. The van der Waals surface area contributed by atoms with Crippen LogP contribution >= 0.6 is 23.1 Å². The lowest BCUT2D eigenvalue weighted by atomic mass is 10.1. The minimum atomic E-state index is -0.216. The number of hydrogen-bond acceptors (Lipinski definition) is 7. The van der Waals surface area contributed by atoms with Gasteiger partial charge in [-0.05, 0) is 18.9 Å². The summed E-state index contributed by atoms with van der Waals surface area (Å²) in [6.45, 7) is 6.15. The fourth-order valence-electron chi connectivity index (χ4n) is 2.96. The molecule has 0 aliphatic heterocycles. The van der Waals surface area contributed by atoms with Crippen molar-refractivity contribution in [2.45, 2.75) is 31.5 Å². The summed E-state index contributed by atoms with van der Waals surface area (Å²) in [7, 11) is 3.37. The van der Waals surface area contributed by atoms with Crippen molar-refractivity contribution in [2.24, 2.45) is 0 Å². The molecule has 8 nitrogen and oxygen atoms in total. The van der Waals surface area contributed by atoms with Gasteiger partial charge in [-0.25, -0.2) is 4.98 Å². The standard InChI is InChI=1S/C22H26N6O2S2/c1-5-13-28-17(12-11-16-9-7-6-8-10-16)25-26-22(28)31-14-18(29)24-21-23-15(2)19(32-21)20(30)27(3)4/h5-10H,1,11-14H2,2-4H3,(H,23,24,29). The van der Waals surface area contributed by atoms with Crippen LogP contribution in [0.3, 0.4) is 0 Å². The summed E-state index contributed by atoms with van der Waals surface area (Å²) in [4.78, 5) is 30.9. The Hall–Kier alpha value is -2.98. The van der Waals surface area contributed by atoms with Crippen molar-refractivity contribution >= 4 is 40.0 Å². The first-order valence-corrected chi connectivity index (χ1v) is 11.9. The molecule has 0 saturated heterocycles. The molecule has 0 aliphatic carbocycles. The molecular weight excluding hydrogens is 444 g/mol. The zero-order valence-corrected chi connectivity index (χ0v) is 20.0. The van der Waals surface area contributed by atoms with Crippen LogP contribution in [0.1, 0.15) is 26.8 Å². The summed E-state index contributed by atoms with van der Waals surface area (Å²) in [5, 5.41) is 12.4. The minimum absolute atomic E-state index is 0.129. The van der Waals surface area contributed by atoms with Crippen molar-refractivity contribution in [2.75, 3.05) is 25.2 Å². The van der Waals surface area contributed by atoms with E-state index in [1.54, 1.807) is 27.1 Å². The lowest BCUT2D eigenvalue weighted by Crippen LogP contribution is -2.21. The maximum atomic E-state index is 12.5. The van der Waals surface area contributed by atoms with Crippen LogP contribution in [0.5, 0.6) is 0 Å². The quantitative estimate of drug-likeness (QED) is 0.360. The van der Waals surface area contributed by atoms with E-state index < -0.39 is 0 Å². The third kappa shape index (κ3) is 6.04. The monoisotopic (exact) mass is 470 g/mol. The number of benzene rings is 1. The number of aryl methyl sites for hydroxylation is 3. The molecule has 1 aromatic carbocycles. The molecule has 1 N–H and O–H groups in total. The molecule has 3 rings (SSSR count). The van der Waals surface area contributed by atoms with Gasteiger partial charge in [-0.3, -0.25) is 9.59 Å². The van der Waals surface area contributed by atoms with E-state index in [4.69, 9.17) is 0 Å². The summed E-state index contributed by atoms with van der Waals surface area (Å²) in [6, 6.07) is 10.2. The van der Waals surface area contributed by atoms with Crippen molar-refractivity contribution in [1.29, 1.82) is 0 Å². The Balaban J connectivity index is 1.60. The smallest absolute Gasteiger partial charge is 0.265 e. The Morgan fingerprint density at radius 1 is 1.22 bits per heavy atom. The van der Waals surface area contributed by atoms with E-state index in [1.807, 2.05) is 22.8 Å². The Labute approximate surface area is 195 Å². The van der Waals surface area contributed by atoms with E-state index in [9.17, 15) is 9.59 Å². The van der Waals surface area contributed by atoms with Gasteiger partial charge in [-0.15, -0.1) is 16.8 Å². The van der Waals surface area contributed by atoms with Crippen LogP contribution < -0.4 is 5.32 Å². The molecule has 0 atom stereocenters. The van der Waals surface area contributed by atoms with Gasteiger partial charge in [-0.1, -0.05) is 59.5 Å². The summed E-state index contributed by atoms with van der Waals surface area (Å²) >= 11 is 2.49. The van der Waals surface area contributed by atoms with Crippen LogP contribution in [-0.4, -0.2) is 56.3 Å². The van der Waals surface area contributed by atoms with Gasteiger partial charge >= 0.3 is 0 Å². The predicted octanol–water partition coefficient (Wildman–Crippen LogP) is 3.45. The second kappa shape index (κ2) is 11.1. The van der Waals surface area contributed by atoms with Crippen LogP contribution in [0.15, 0.2) is 48.1 Å². The first kappa shape index (κ1) is 23.7. The van der Waals surface area contributed by atoms with E-state index in [2.05, 4.69) is 39.2 Å². The van der Waals surface area contributed by atoms with Gasteiger partial charge in [0.1, 0.15) is 10.7 Å². The molecule has 0 spiro atoms. The fraction of sp³-hybridized carbons (Fsp3) is 0.318. The topological polar surface area (TPSA) is 93.0 Å². The van der Waals surface area contributed by atoms with E-state index in [0.29, 0.717) is 27.4 Å². The van der Waals surface area contributed by atoms with Crippen LogP contribution in [0, 0.1) is 6.92 Å². The second-order valence-corrected chi connectivity index (χ2v) is 9.20. The van der Waals surface area contributed by atoms with Crippen LogP contribution in [0.2, 0.25) is 0 Å². The van der Waals surface area contributed by atoms with E-state index in [1.165, 1.54) is 33.6 Å². The Morgan fingerprint density at radius 2 is 1.97 bits per heavy atom. The predicted molar refractivity (Wildman–Crippen MR) is 128 cm³/mol. The van der Waals surface area contributed by atoms with Crippen molar-refractivity contribution < 1.29 is 9.59 Å². The molecule has 168 valence electrons. The van der Waals surface area contributed by atoms with Gasteiger partial charge in [0, 0.05) is 27.1 Å². The molecule has 0 bridgehead atoms. The molecule has 0 aliphatic rings. The number of thioether (sulfide) groups is 1. The zero-order chi connectivity index (χ0) is 23.1. The molecule has 0 unspecified atom stereocenters. The van der Waals surface area contributed by atoms with Crippen molar-refractivity contribution in [3.63, 3.8) is 0 Å². The number of allylic oxidation sites excluding steroid dienone is 1.